The second-order valence-corrected chi connectivity index (χ2v) is 4.39. The van der Waals surface area contributed by atoms with Crippen molar-refractivity contribution >= 4 is 0 Å². The maximum absolute atomic E-state index is 11.8. The summed E-state index contributed by atoms with van der Waals surface area (Å²) in [6, 6.07) is 1.52. The molecule has 0 aromatic carbocycles. The van der Waals surface area contributed by atoms with Crippen LogP contribution < -0.4 is 10.7 Å². The Labute approximate surface area is 111 Å². The van der Waals surface area contributed by atoms with Crippen LogP contribution in [0, 0.1) is 6.92 Å². The van der Waals surface area contributed by atoms with Crippen LogP contribution in [0.5, 0.6) is 0 Å². The van der Waals surface area contributed by atoms with E-state index in [-0.39, 0.29) is 11.3 Å². The van der Waals surface area contributed by atoms with E-state index in [1.54, 1.807) is 6.20 Å². The summed E-state index contributed by atoms with van der Waals surface area (Å²) >= 11 is 0. The van der Waals surface area contributed by atoms with E-state index in [1.807, 2.05) is 6.92 Å². The third kappa shape index (κ3) is 3.51. The lowest BCUT2D eigenvalue weighted by molar-refractivity contribution is 0.494. The molecule has 2 aromatic rings. The molecule has 6 heteroatoms. The number of aryl methyl sites for hydroxylation is 1. The summed E-state index contributed by atoms with van der Waals surface area (Å²) in [5.74, 6) is 0.810. The van der Waals surface area contributed by atoms with Crippen LogP contribution in [0.4, 0.5) is 0 Å². The topological polar surface area (TPSA) is 83.8 Å². The molecule has 0 aliphatic carbocycles. The van der Waals surface area contributed by atoms with Crippen LogP contribution in [-0.4, -0.2) is 28.3 Å². The quantitative estimate of drug-likeness (QED) is 0.766. The number of pyridine rings is 1. The first-order valence-corrected chi connectivity index (χ1v) is 6.43. The molecule has 102 valence electrons. The number of aromatic amines is 1. The lowest BCUT2D eigenvalue weighted by Gasteiger charge is -1.98. The van der Waals surface area contributed by atoms with Crippen LogP contribution in [-0.2, 0) is 6.42 Å². The van der Waals surface area contributed by atoms with Gasteiger partial charge in [0.2, 0.25) is 5.89 Å². The van der Waals surface area contributed by atoms with Crippen LogP contribution in [0.2, 0.25) is 0 Å². The first-order chi connectivity index (χ1) is 9.20. The normalized spacial score (nSPS) is 10.8. The van der Waals surface area contributed by atoms with Crippen molar-refractivity contribution in [3.63, 3.8) is 0 Å². The molecule has 19 heavy (non-hydrogen) atoms. The SMILES string of the molecule is CCCNCCc1nnc(-c2c[nH]c(C)cc2=O)o1. The summed E-state index contributed by atoms with van der Waals surface area (Å²) in [5.41, 5.74) is 1.10. The molecule has 2 rings (SSSR count). The smallest absolute Gasteiger partial charge is 0.253 e. The van der Waals surface area contributed by atoms with Gasteiger partial charge in [-0.1, -0.05) is 6.92 Å². The van der Waals surface area contributed by atoms with Crippen LogP contribution in [0.15, 0.2) is 21.5 Å². The molecule has 0 fully saturated rings. The van der Waals surface area contributed by atoms with Crippen LogP contribution in [0.3, 0.4) is 0 Å². The molecule has 0 radical (unpaired) electrons. The molecule has 0 aliphatic heterocycles. The predicted octanol–water partition coefficient (Wildman–Crippen LogP) is 1.28. The number of rotatable bonds is 6. The molecule has 2 heterocycles. The van der Waals surface area contributed by atoms with E-state index < -0.39 is 0 Å². The Morgan fingerprint density at radius 1 is 1.37 bits per heavy atom. The Bertz CT molecular complexity index is 588. The minimum Gasteiger partial charge on any atom is -0.420 e. The molecule has 0 bridgehead atoms. The van der Waals surface area contributed by atoms with Crippen molar-refractivity contribution in [2.45, 2.75) is 26.7 Å². The second kappa shape index (κ2) is 6.29. The number of H-pyrrole nitrogens is 1. The van der Waals surface area contributed by atoms with Gasteiger partial charge in [-0.3, -0.25) is 4.79 Å². The minimum absolute atomic E-state index is 0.115. The Morgan fingerprint density at radius 2 is 2.21 bits per heavy atom. The number of aromatic nitrogens is 3. The monoisotopic (exact) mass is 262 g/mol. The fraction of sp³-hybridized carbons (Fsp3) is 0.462. The maximum atomic E-state index is 11.8. The van der Waals surface area contributed by atoms with Gasteiger partial charge < -0.3 is 14.7 Å². The van der Waals surface area contributed by atoms with Gasteiger partial charge in [0.15, 0.2) is 5.43 Å². The van der Waals surface area contributed by atoms with E-state index >= 15 is 0 Å². The van der Waals surface area contributed by atoms with Crippen molar-refractivity contribution in [1.82, 2.24) is 20.5 Å². The van der Waals surface area contributed by atoms with E-state index in [4.69, 9.17) is 4.42 Å². The fourth-order valence-electron chi connectivity index (χ4n) is 1.70. The van der Waals surface area contributed by atoms with Gasteiger partial charge in [-0.05, 0) is 19.9 Å². The maximum Gasteiger partial charge on any atom is 0.253 e. The average molecular weight is 262 g/mol. The molecule has 2 N–H and O–H groups in total. The lowest BCUT2D eigenvalue weighted by atomic mass is 10.2. The predicted molar refractivity (Wildman–Crippen MR) is 72.0 cm³/mol. The standard InChI is InChI=1S/C13H18N4O2/c1-3-5-14-6-4-12-16-17-13(19-12)10-8-15-9(2)7-11(10)18/h7-8,14H,3-6H2,1-2H3,(H,15,18). The van der Waals surface area contributed by atoms with Crippen LogP contribution in [0.1, 0.15) is 24.9 Å². The van der Waals surface area contributed by atoms with Crippen molar-refractivity contribution in [2.24, 2.45) is 0 Å². The summed E-state index contributed by atoms with van der Waals surface area (Å²) in [4.78, 5) is 14.8. The zero-order valence-corrected chi connectivity index (χ0v) is 11.2. The molecular weight excluding hydrogens is 244 g/mol. The van der Waals surface area contributed by atoms with Gasteiger partial charge in [0.25, 0.3) is 5.89 Å². The Hall–Kier alpha value is -1.95. The molecule has 0 saturated carbocycles. The lowest BCUT2D eigenvalue weighted by Crippen LogP contribution is -2.17. The van der Waals surface area contributed by atoms with Gasteiger partial charge in [-0.15, -0.1) is 10.2 Å². The average Bonchev–Trinajstić information content (AvgIpc) is 2.83. The third-order valence-electron chi connectivity index (χ3n) is 2.70. The van der Waals surface area contributed by atoms with E-state index in [0.717, 1.165) is 25.2 Å². The number of nitrogens with zero attached hydrogens (tertiary/aromatic N) is 2. The molecule has 0 saturated heterocycles. The number of nitrogens with one attached hydrogen (secondary N) is 2. The van der Waals surface area contributed by atoms with Crippen molar-refractivity contribution in [1.29, 1.82) is 0 Å². The van der Waals surface area contributed by atoms with Gasteiger partial charge in [0, 0.05) is 30.9 Å². The molecular formula is C13H18N4O2. The molecule has 6 nitrogen and oxygen atoms in total. The third-order valence-corrected chi connectivity index (χ3v) is 2.70. The highest BCUT2D eigenvalue weighted by molar-refractivity contribution is 5.50. The summed E-state index contributed by atoms with van der Waals surface area (Å²) in [5, 5.41) is 11.1. The molecule has 0 aliphatic rings. The van der Waals surface area contributed by atoms with Crippen molar-refractivity contribution in [3.8, 4) is 11.5 Å². The molecule has 0 atom stereocenters. The van der Waals surface area contributed by atoms with E-state index in [0.29, 0.717) is 17.9 Å². The van der Waals surface area contributed by atoms with Gasteiger partial charge in [-0.25, -0.2) is 0 Å². The van der Waals surface area contributed by atoms with Gasteiger partial charge >= 0.3 is 0 Å². The summed E-state index contributed by atoms with van der Waals surface area (Å²) in [6.45, 7) is 5.70. The van der Waals surface area contributed by atoms with E-state index in [9.17, 15) is 4.79 Å². The second-order valence-electron chi connectivity index (χ2n) is 4.39. The first-order valence-electron chi connectivity index (χ1n) is 6.43. The zero-order valence-electron chi connectivity index (χ0n) is 11.2. The van der Waals surface area contributed by atoms with Crippen LogP contribution in [0.25, 0.3) is 11.5 Å². The van der Waals surface area contributed by atoms with Gasteiger partial charge in [0.05, 0.1) is 0 Å². The van der Waals surface area contributed by atoms with Gasteiger partial charge in [-0.2, -0.15) is 0 Å². The highest BCUT2D eigenvalue weighted by Gasteiger charge is 2.11. The highest BCUT2D eigenvalue weighted by Crippen LogP contribution is 2.12. The summed E-state index contributed by atoms with van der Waals surface area (Å²) in [7, 11) is 0. The Morgan fingerprint density at radius 3 is 2.95 bits per heavy atom. The van der Waals surface area contributed by atoms with E-state index in [2.05, 4.69) is 27.4 Å². The number of hydrogen-bond acceptors (Lipinski definition) is 5. The zero-order chi connectivity index (χ0) is 13.7. The minimum atomic E-state index is -0.115. The Balaban J connectivity index is 2.06. The molecule has 2 aromatic heterocycles. The largest absolute Gasteiger partial charge is 0.420 e. The van der Waals surface area contributed by atoms with E-state index in [1.165, 1.54) is 6.07 Å². The summed E-state index contributed by atoms with van der Waals surface area (Å²) < 4.78 is 5.49. The first kappa shape index (κ1) is 13.5. The molecule has 0 amide bonds. The summed E-state index contributed by atoms with van der Waals surface area (Å²) in [6.07, 6.45) is 3.36. The highest BCUT2D eigenvalue weighted by atomic mass is 16.4. The number of hydrogen-bond donors (Lipinski definition) is 2. The van der Waals surface area contributed by atoms with Gasteiger partial charge in [0.1, 0.15) is 5.56 Å². The Kier molecular flexibility index (Phi) is 4.46. The molecule has 0 spiro atoms. The van der Waals surface area contributed by atoms with Crippen LogP contribution >= 0.6 is 0 Å². The van der Waals surface area contributed by atoms with Crippen molar-refractivity contribution in [2.75, 3.05) is 13.1 Å². The molecule has 0 unspecified atom stereocenters. The van der Waals surface area contributed by atoms with Crippen molar-refractivity contribution < 1.29 is 4.42 Å². The van der Waals surface area contributed by atoms with Crippen molar-refractivity contribution in [3.05, 3.63) is 34.1 Å². The fourth-order valence-corrected chi connectivity index (χ4v) is 1.70.